The molecule has 0 atom stereocenters. The van der Waals surface area contributed by atoms with Crippen molar-refractivity contribution in [1.29, 1.82) is 0 Å². The molecule has 0 aliphatic heterocycles. The smallest absolute Gasteiger partial charge is 0.352 e. The molecule has 19 heavy (non-hydrogen) atoms. The molecule has 1 heterocycles. The fourth-order valence-corrected chi connectivity index (χ4v) is 2.99. The van der Waals surface area contributed by atoms with Gasteiger partial charge in [0.15, 0.2) is 0 Å². The summed E-state index contributed by atoms with van der Waals surface area (Å²) in [5, 5.41) is 9.10. The number of unbranched alkanes of at least 4 members (excludes halogenated alkanes) is 1. The second-order valence-electron chi connectivity index (χ2n) is 4.76. The number of nitrogens with one attached hydrogen (secondary N) is 1. The number of hydrogen-bond acceptors (Lipinski definition) is 3. The first-order valence-electron chi connectivity index (χ1n) is 6.40. The molecule has 1 aliphatic rings. The van der Waals surface area contributed by atoms with Crippen LogP contribution in [0, 0.1) is 0 Å². The number of hydrogen-bond donors (Lipinski definition) is 2. The van der Waals surface area contributed by atoms with Crippen molar-refractivity contribution in [2.45, 2.75) is 43.5 Å². The number of rotatable bonds is 7. The zero-order valence-corrected chi connectivity index (χ0v) is 11.6. The van der Waals surface area contributed by atoms with Crippen LogP contribution in [0.15, 0.2) is 17.2 Å². The summed E-state index contributed by atoms with van der Waals surface area (Å²) in [4.78, 5) is 11.2. The van der Waals surface area contributed by atoms with Gasteiger partial charge in [0.1, 0.15) is 10.6 Å². The Morgan fingerprint density at radius 3 is 2.74 bits per heavy atom. The summed E-state index contributed by atoms with van der Waals surface area (Å²) in [5.41, 5.74) is 0.0402. The van der Waals surface area contributed by atoms with Gasteiger partial charge in [0.2, 0.25) is 10.0 Å². The van der Waals surface area contributed by atoms with E-state index in [1.54, 1.807) is 4.57 Å². The van der Waals surface area contributed by atoms with E-state index in [4.69, 9.17) is 5.11 Å². The third kappa shape index (κ3) is 3.16. The molecule has 1 fully saturated rings. The highest BCUT2D eigenvalue weighted by atomic mass is 32.2. The van der Waals surface area contributed by atoms with E-state index in [9.17, 15) is 13.2 Å². The Morgan fingerprint density at radius 1 is 1.53 bits per heavy atom. The van der Waals surface area contributed by atoms with Gasteiger partial charge in [-0.2, -0.15) is 0 Å². The number of sulfonamides is 1. The fourth-order valence-electron chi connectivity index (χ4n) is 1.89. The molecule has 2 N–H and O–H groups in total. The second-order valence-corrected chi connectivity index (χ2v) is 6.52. The van der Waals surface area contributed by atoms with E-state index in [1.807, 2.05) is 6.92 Å². The highest BCUT2D eigenvalue weighted by Gasteiger charge is 2.30. The van der Waals surface area contributed by atoms with Crippen LogP contribution >= 0.6 is 0 Å². The molecule has 0 bridgehead atoms. The summed E-state index contributed by atoms with van der Waals surface area (Å²) in [6, 6.07) is 1.36. The van der Waals surface area contributed by atoms with Gasteiger partial charge in [0.25, 0.3) is 0 Å². The van der Waals surface area contributed by atoms with E-state index in [0.29, 0.717) is 6.54 Å². The van der Waals surface area contributed by atoms with Gasteiger partial charge in [0, 0.05) is 18.8 Å². The van der Waals surface area contributed by atoms with Gasteiger partial charge >= 0.3 is 5.97 Å². The number of aromatic nitrogens is 1. The van der Waals surface area contributed by atoms with Crippen molar-refractivity contribution in [2.24, 2.45) is 0 Å². The van der Waals surface area contributed by atoms with E-state index < -0.39 is 16.0 Å². The summed E-state index contributed by atoms with van der Waals surface area (Å²) >= 11 is 0. The number of carboxylic acid groups (broad SMARTS) is 1. The zero-order chi connectivity index (χ0) is 14.0. The Balaban J connectivity index is 2.24. The highest BCUT2D eigenvalue weighted by Crippen LogP contribution is 2.37. The average molecular weight is 286 g/mol. The Labute approximate surface area is 112 Å². The maximum atomic E-state index is 12.0. The molecule has 6 nitrogen and oxygen atoms in total. The predicted molar refractivity (Wildman–Crippen MR) is 69.8 cm³/mol. The minimum atomic E-state index is -3.61. The SMILES string of the molecule is CCCCNS(=O)(=O)c1cc(C(=O)O)n(C2CC2)c1. The minimum Gasteiger partial charge on any atom is -0.477 e. The van der Waals surface area contributed by atoms with Crippen LogP contribution < -0.4 is 4.72 Å². The third-order valence-corrected chi connectivity index (χ3v) is 4.54. The quantitative estimate of drug-likeness (QED) is 0.745. The Morgan fingerprint density at radius 2 is 2.21 bits per heavy atom. The molecule has 2 rings (SSSR count). The molecule has 0 aromatic carbocycles. The minimum absolute atomic E-state index is 0.0351. The lowest BCUT2D eigenvalue weighted by Crippen LogP contribution is -2.24. The lowest BCUT2D eigenvalue weighted by atomic mass is 10.3. The summed E-state index contributed by atoms with van der Waals surface area (Å²) in [6.45, 7) is 2.34. The van der Waals surface area contributed by atoms with Crippen LogP contribution in [-0.4, -0.2) is 30.6 Å². The van der Waals surface area contributed by atoms with Crippen LogP contribution in [0.2, 0.25) is 0 Å². The Bertz CT molecular complexity index is 573. The van der Waals surface area contributed by atoms with E-state index >= 15 is 0 Å². The fraction of sp³-hybridized carbons (Fsp3) is 0.583. The summed E-state index contributed by atoms with van der Waals surface area (Å²) in [7, 11) is -3.61. The predicted octanol–water partition coefficient (Wildman–Crippen LogP) is 1.60. The van der Waals surface area contributed by atoms with Gasteiger partial charge in [-0.1, -0.05) is 13.3 Å². The normalized spacial score (nSPS) is 15.6. The van der Waals surface area contributed by atoms with Crippen molar-refractivity contribution in [3.63, 3.8) is 0 Å². The molecule has 0 unspecified atom stereocenters. The van der Waals surface area contributed by atoms with Crippen molar-refractivity contribution in [3.8, 4) is 0 Å². The van der Waals surface area contributed by atoms with Gasteiger partial charge < -0.3 is 9.67 Å². The molecule has 7 heteroatoms. The van der Waals surface area contributed by atoms with Crippen molar-refractivity contribution in [3.05, 3.63) is 18.0 Å². The zero-order valence-electron chi connectivity index (χ0n) is 10.8. The third-order valence-electron chi connectivity index (χ3n) is 3.12. The van der Waals surface area contributed by atoms with E-state index in [1.165, 1.54) is 12.3 Å². The van der Waals surface area contributed by atoms with E-state index in [0.717, 1.165) is 25.7 Å². The van der Waals surface area contributed by atoms with Crippen molar-refractivity contribution in [2.75, 3.05) is 6.54 Å². The van der Waals surface area contributed by atoms with Gasteiger partial charge in [0.05, 0.1) is 0 Å². The molecular formula is C12H18N2O4S. The first-order valence-corrected chi connectivity index (χ1v) is 7.89. The molecule has 0 amide bonds. The highest BCUT2D eigenvalue weighted by molar-refractivity contribution is 7.89. The average Bonchev–Trinajstić information content (AvgIpc) is 3.07. The van der Waals surface area contributed by atoms with Crippen LogP contribution in [-0.2, 0) is 10.0 Å². The number of carbonyl (C=O) groups is 1. The van der Waals surface area contributed by atoms with Gasteiger partial charge in [-0.25, -0.2) is 17.9 Å². The van der Waals surface area contributed by atoms with Crippen LogP contribution in [0.4, 0.5) is 0 Å². The number of carboxylic acids is 1. The lowest BCUT2D eigenvalue weighted by Gasteiger charge is -2.03. The molecule has 0 spiro atoms. The number of nitrogens with zero attached hydrogens (tertiary/aromatic N) is 1. The Kier molecular flexibility index (Phi) is 3.96. The van der Waals surface area contributed by atoms with Gasteiger partial charge in [-0.05, 0) is 25.3 Å². The molecule has 0 saturated heterocycles. The van der Waals surface area contributed by atoms with Crippen molar-refractivity contribution in [1.82, 2.24) is 9.29 Å². The van der Waals surface area contributed by atoms with Crippen molar-refractivity contribution < 1.29 is 18.3 Å². The van der Waals surface area contributed by atoms with Gasteiger partial charge in [-0.15, -0.1) is 0 Å². The summed E-state index contributed by atoms with van der Waals surface area (Å²) in [6.07, 6.45) is 4.88. The summed E-state index contributed by atoms with van der Waals surface area (Å²) < 4.78 is 28.1. The number of aromatic carboxylic acids is 1. The molecular weight excluding hydrogens is 268 g/mol. The Hall–Kier alpha value is -1.34. The van der Waals surface area contributed by atoms with Crippen molar-refractivity contribution >= 4 is 16.0 Å². The monoisotopic (exact) mass is 286 g/mol. The van der Waals surface area contributed by atoms with Crippen LogP contribution in [0.5, 0.6) is 0 Å². The first kappa shape index (κ1) is 14.1. The maximum Gasteiger partial charge on any atom is 0.352 e. The molecule has 1 aliphatic carbocycles. The lowest BCUT2D eigenvalue weighted by molar-refractivity contribution is 0.0685. The topological polar surface area (TPSA) is 88.4 Å². The van der Waals surface area contributed by atoms with Crippen LogP contribution in [0.3, 0.4) is 0 Å². The molecule has 0 radical (unpaired) electrons. The molecule has 106 valence electrons. The largest absolute Gasteiger partial charge is 0.477 e. The van der Waals surface area contributed by atoms with Crippen LogP contribution in [0.1, 0.15) is 49.1 Å². The van der Waals surface area contributed by atoms with E-state index in [2.05, 4.69) is 4.72 Å². The van der Waals surface area contributed by atoms with Gasteiger partial charge in [-0.3, -0.25) is 0 Å². The first-order chi connectivity index (χ1) is 8.95. The summed E-state index contributed by atoms with van der Waals surface area (Å²) in [5.74, 6) is -1.10. The van der Waals surface area contributed by atoms with Crippen LogP contribution in [0.25, 0.3) is 0 Å². The molecule has 1 saturated carbocycles. The van der Waals surface area contributed by atoms with E-state index in [-0.39, 0.29) is 16.6 Å². The second kappa shape index (κ2) is 5.34. The standard InChI is InChI=1S/C12H18N2O4S/c1-2-3-6-13-19(17,18)10-7-11(12(15)16)14(8-10)9-4-5-9/h7-9,13H,2-6H2,1H3,(H,15,16). The molecule has 1 aromatic heterocycles. The molecule has 1 aromatic rings. The maximum absolute atomic E-state index is 12.0.